The summed E-state index contributed by atoms with van der Waals surface area (Å²) in [5, 5.41) is 8.60. The first-order chi connectivity index (χ1) is 14.0. The van der Waals surface area contributed by atoms with Crippen LogP contribution in [-0.4, -0.2) is 39.0 Å². The Balaban J connectivity index is 1.66. The molecule has 5 nitrogen and oxygen atoms in total. The Morgan fingerprint density at radius 3 is 2.10 bits per heavy atom. The van der Waals surface area contributed by atoms with E-state index in [9.17, 15) is 14.4 Å². The predicted octanol–water partition coefficient (Wildman–Crippen LogP) is 5.30. The van der Waals surface area contributed by atoms with E-state index < -0.39 is 5.97 Å². The maximum atomic E-state index is 12.6. The van der Waals surface area contributed by atoms with Gasteiger partial charge in [0.05, 0.1) is 4.91 Å². The van der Waals surface area contributed by atoms with E-state index in [1.165, 1.54) is 11.8 Å². The lowest BCUT2D eigenvalue weighted by Gasteiger charge is -2.14. The number of carboxylic acid groups (broad SMARTS) is 1. The molecule has 1 aromatic carbocycles. The van der Waals surface area contributed by atoms with Crippen molar-refractivity contribution in [1.82, 2.24) is 4.90 Å². The third kappa shape index (κ3) is 8.11. The molecule has 1 fully saturated rings. The summed E-state index contributed by atoms with van der Waals surface area (Å²) in [5.74, 6) is -0.760. The highest BCUT2D eigenvalue weighted by Gasteiger charge is 2.31. The Kier molecular flexibility index (Phi) is 10.1. The molecule has 0 saturated carbocycles. The second-order valence-electron chi connectivity index (χ2n) is 7.09. The smallest absolute Gasteiger partial charge is 0.303 e. The minimum Gasteiger partial charge on any atom is -0.481 e. The van der Waals surface area contributed by atoms with Gasteiger partial charge in [0.25, 0.3) is 5.91 Å². The molecule has 1 aliphatic rings. The molecule has 2 rings (SSSR count). The highest BCUT2D eigenvalue weighted by atomic mass is 32.2. The number of amides is 1. The average Bonchev–Trinajstić information content (AvgIpc) is 2.96. The van der Waals surface area contributed by atoms with Gasteiger partial charge >= 0.3 is 5.97 Å². The summed E-state index contributed by atoms with van der Waals surface area (Å²) in [4.78, 5) is 36.1. The van der Waals surface area contributed by atoms with Gasteiger partial charge in [-0.1, -0.05) is 86.8 Å². The molecule has 1 amide bonds. The van der Waals surface area contributed by atoms with E-state index in [2.05, 4.69) is 0 Å². The maximum absolute atomic E-state index is 12.6. The van der Waals surface area contributed by atoms with Gasteiger partial charge in [-0.25, -0.2) is 0 Å². The van der Waals surface area contributed by atoms with Crippen LogP contribution in [-0.2, 0) is 9.59 Å². The van der Waals surface area contributed by atoms with Gasteiger partial charge in [-0.3, -0.25) is 19.3 Å². The molecule has 29 heavy (non-hydrogen) atoms. The zero-order valence-electron chi connectivity index (χ0n) is 16.5. The topological polar surface area (TPSA) is 74.7 Å². The number of nitrogens with zero attached hydrogens (tertiary/aromatic N) is 1. The van der Waals surface area contributed by atoms with Gasteiger partial charge in [0, 0.05) is 18.5 Å². The molecule has 0 atom stereocenters. The summed E-state index contributed by atoms with van der Waals surface area (Å²) < 4.78 is 0.601. The quantitative estimate of drug-likeness (QED) is 0.197. The van der Waals surface area contributed by atoms with Crippen molar-refractivity contribution < 1.29 is 19.5 Å². The van der Waals surface area contributed by atoms with Gasteiger partial charge in [-0.15, -0.1) is 0 Å². The van der Waals surface area contributed by atoms with E-state index in [1.807, 2.05) is 18.2 Å². The van der Waals surface area contributed by atoms with Gasteiger partial charge in [-0.2, -0.15) is 0 Å². The second-order valence-corrected chi connectivity index (χ2v) is 8.77. The van der Waals surface area contributed by atoms with Crippen molar-refractivity contribution in [3.05, 3.63) is 40.3 Å². The minimum absolute atomic E-state index is 0.0436. The Morgan fingerprint density at radius 1 is 0.966 bits per heavy atom. The van der Waals surface area contributed by atoms with E-state index >= 15 is 0 Å². The predicted molar refractivity (Wildman–Crippen MR) is 121 cm³/mol. The summed E-state index contributed by atoms with van der Waals surface area (Å²) in [6, 6.07) is 7.09. The number of hydrogen-bond donors (Lipinski definition) is 1. The lowest BCUT2D eigenvalue weighted by atomic mass is 10.1. The molecule has 1 N–H and O–H groups in total. The highest BCUT2D eigenvalue weighted by Crippen LogP contribution is 2.32. The van der Waals surface area contributed by atoms with Gasteiger partial charge < -0.3 is 5.11 Å². The number of aldehydes is 1. The zero-order chi connectivity index (χ0) is 21.1. The van der Waals surface area contributed by atoms with Crippen molar-refractivity contribution in [2.24, 2.45) is 0 Å². The van der Waals surface area contributed by atoms with Crippen LogP contribution in [0.3, 0.4) is 0 Å². The largest absolute Gasteiger partial charge is 0.481 e. The van der Waals surface area contributed by atoms with Crippen molar-refractivity contribution in [3.63, 3.8) is 0 Å². The van der Waals surface area contributed by atoms with E-state index in [0.29, 0.717) is 21.3 Å². The number of rotatable bonds is 13. The van der Waals surface area contributed by atoms with Crippen LogP contribution in [0.2, 0.25) is 0 Å². The van der Waals surface area contributed by atoms with E-state index in [-0.39, 0.29) is 12.3 Å². The third-order valence-corrected chi connectivity index (χ3v) is 6.14. The summed E-state index contributed by atoms with van der Waals surface area (Å²) in [6.07, 6.45) is 11.1. The molecule has 1 heterocycles. The number of unbranched alkanes of at least 4 members (excludes halogenated alkanes) is 7. The number of benzene rings is 1. The molecular weight excluding hydrogens is 406 g/mol. The number of carboxylic acids is 1. The van der Waals surface area contributed by atoms with Crippen molar-refractivity contribution in [2.45, 2.75) is 57.8 Å². The lowest BCUT2D eigenvalue weighted by Crippen LogP contribution is -2.29. The Bertz CT molecular complexity index is 759. The number of carbonyl (C=O) groups excluding carboxylic acids is 2. The molecule has 0 bridgehead atoms. The molecule has 0 aromatic heterocycles. The van der Waals surface area contributed by atoms with Crippen LogP contribution in [0.15, 0.2) is 29.2 Å². The highest BCUT2D eigenvalue weighted by molar-refractivity contribution is 8.26. The number of thiocarbonyl (C=S) groups is 1. The average molecular weight is 434 g/mol. The number of hydrogen-bond acceptors (Lipinski definition) is 5. The van der Waals surface area contributed by atoms with Crippen molar-refractivity contribution in [2.75, 3.05) is 6.54 Å². The third-order valence-electron chi connectivity index (χ3n) is 4.77. The first-order valence-corrected chi connectivity index (χ1v) is 11.3. The van der Waals surface area contributed by atoms with E-state index in [0.717, 1.165) is 63.2 Å². The normalized spacial score (nSPS) is 15.3. The van der Waals surface area contributed by atoms with Crippen molar-refractivity contribution in [3.8, 4) is 0 Å². The number of thioether (sulfide) groups is 1. The summed E-state index contributed by atoms with van der Waals surface area (Å²) in [7, 11) is 0. The van der Waals surface area contributed by atoms with Gasteiger partial charge in [0.15, 0.2) is 0 Å². The first kappa shape index (κ1) is 23.3. The summed E-state index contributed by atoms with van der Waals surface area (Å²) >= 11 is 6.69. The van der Waals surface area contributed by atoms with Crippen molar-refractivity contribution in [1.29, 1.82) is 0 Å². The fourth-order valence-corrected chi connectivity index (χ4v) is 4.43. The minimum atomic E-state index is -0.716. The first-order valence-electron chi connectivity index (χ1n) is 10.0. The maximum Gasteiger partial charge on any atom is 0.303 e. The van der Waals surface area contributed by atoms with Gasteiger partial charge in [-0.05, 0) is 24.5 Å². The number of carbonyl (C=O) groups is 3. The van der Waals surface area contributed by atoms with Crippen molar-refractivity contribution >= 4 is 52.5 Å². The van der Waals surface area contributed by atoms with Gasteiger partial charge in [0.1, 0.15) is 10.6 Å². The van der Waals surface area contributed by atoms with Crippen LogP contribution in [0.5, 0.6) is 0 Å². The fourth-order valence-electron chi connectivity index (χ4n) is 3.12. The SMILES string of the molecule is O=Cc1ccc(C=C2SC(=S)N(CCCCCCCCCCC(=O)O)C2=O)cc1. The molecule has 0 radical (unpaired) electrons. The molecule has 156 valence electrons. The van der Waals surface area contributed by atoms with Crippen LogP contribution >= 0.6 is 24.0 Å². The lowest BCUT2D eigenvalue weighted by molar-refractivity contribution is -0.137. The van der Waals surface area contributed by atoms with Crippen LogP contribution in [0.1, 0.15) is 73.7 Å². The van der Waals surface area contributed by atoms with Gasteiger partial charge in [0.2, 0.25) is 0 Å². The Morgan fingerprint density at radius 2 is 1.52 bits per heavy atom. The van der Waals surface area contributed by atoms with E-state index in [4.69, 9.17) is 17.3 Å². The molecule has 1 aromatic rings. The standard InChI is InChI=1S/C22H27NO4S2/c24-16-18-12-10-17(11-13-18)15-19-21(27)23(22(28)29-19)14-8-6-4-2-1-3-5-7-9-20(25)26/h10-13,15-16H,1-9,14H2,(H,25,26). The molecule has 0 aliphatic carbocycles. The zero-order valence-corrected chi connectivity index (χ0v) is 18.1. The summed E-state index contributed by atoms with van der Waals surface area (Å²) in [6.45, 7) is 0.644. The van der Waals surface area contributed by atoms with Crippen LogP contribution in [0.4, 0.5) is 0 Å². The summed E-state index contributed by atoms with van der Waals surface area (Å²) in [5.41, 5.74) is 1.48. The van der Waals surface area contributed by atoms with Crippen LogP contribution in [0.25, 0.3) is 6.08 Å². The molecule has 0 unspecified atom stereocenters. The Labute approximate surface area is 181 Å². The molecule has 1 aliphatic heterocycles. The number of aliphatic carboxylic acids is 1. The molecular formula is C22H27NO4S2. The Hall–Kier alpha value is -1.99. The monoisotopic (exact) mass is 433 g/mol. The fraction of sp³-hybridized carbons (Fsp3) is 0.455. The molecule has 1 saturated heterocycles. The van der Waals surface area contributed by atoms with Crippen LogP contribution < -0.4 is 0 Å². The van der Waals surface area contributed by atoms with E-state index in [1.54, 1.807) is 17.0 Å². The second kappa shape index (κ2) is 12.5. The molecule has 0 spiro atoms. The van der Waals surface area contributed by atoms with Crippen LogP contribution in [0, 0.1) is 0 Å². The molecule has 7 heteroatoms.